The molecular weight excluding hydrogens is 392 g/mol. The van der Waals surface area contributed by atoms with Crippen molar-refractivity contribution in [1.82, 2.24) is 0 Å². The molecule has 138 valence electrons. The van der Waals surface area contributed by atoms with Crippen molar-refractivity contribution < 1.29 is 29.6 Å². The average Bonchev–Trinajstić information content (AvgIpc) is 3.32. The summed E-state index contributed by atoms with van der Waals surface area (Å²) >= 11 is 1.94. The van der Waals surface area contributed by atoms with Crippen LogP contribution in [0.3, 0.4) is 0 Å². The minimum Gasteiger partial charge on any atom is -0.503 e. The number of anilines is 2. The third-order valence-corrected chi connectivity index (χ3v) is 6.20. The van der Waals surface area contributed by atoms with Crippen LogP contribution in [-0.4, -0.2) is 26.3 Å². The van der Waals surface area contributed by atoms with Crippen LogP contribution in [0.1, 0.15) is 10.6 Å². The number of phenolic OH excluding ortho intramolecular Hbond substituents is 4. The molecule has 1 amide bonds. The van der Waals surface area contributed by atoms with Crippen LogP contribution in [0.5, 0.6) is 23.0 Å². The van der Waals surface area contributed by atoms with Crippen LogP contribution in [-0.2, 0) is 0 Å². The Morgan fingerprint density at radius 1 is 0.889 bits per heavy atom. The Balaban J connectivity index is 1.63. The highest BCUT2D eigenvalue weighted by Crippen LogP contribution is 2.61. The molecule has 0 saturated heterocycles. The molecule has 3 aromatic rings. The zero-order valence-corrected chi connectivity index (χ0v) is 15.0. The van der Waals surface area contributed by atoms with Gasteiger partial charge in [-0.05, 0) is 12.1 Å². The lowest BCUT2D eigenvalue weighted by Gasteiger charge is -2.13. The Labute approximate surface area is 161 Å². The molecule has 8 nitrogen and oxygen atoms in total. The van der Waals surface area contributed by atoms with Gasteiger partial charge >= 0.3 is 0 Å². The summed E-state index contributed by atoms with van der Waals surface area (Å²) in [6.45, 7) is 0. The fourth-order valence-corrected chi connectivity index (χ4v) is 4.79. The molecule has 1 aromatic heterocycles. The molecule has 0 aliphatic carbocycles. The third kappa shape index (κ3) is 2.88. The number of benzene rings is 2. The van der Waals surface area contributed by atoms with Gasteiger partial charge in [0.2, 0.25) is 17.3 Å². The van der Waals surface area contributed by atoms with Crippen molar-refractivity contribution in [2.45, 2.75) is 9.79 Å². The van der Waals surface area contributed by atoms with Crippen LogP contribution in [0.2, 0.25) is 0 Å². The van der Waals surface area contributed by atoms with Gasteiger partial charge in [0.1, 0.15) is 5.69 Å². The Kier molecular flexibility index (Phi) is 4.21. The van der Waals surface area contributed by atoms with Gasteiger partial charge in [0.05, 0.1) is 16.1 Å². The van der Waals surface area contributed by atoms with Crippen molar-refractivity contribution in [3.05, 3.63) is 48.4 Å². The SMILES string of the molecule is O=C(Nc1ccccc1)c1occc1N1Sc2c(O)c(O)c(O)c(O)c2S1. The summed E-state index contributed by atoms with van der Waals surface area (Å²) in [7, 11) is 0. The number of amides is 1. The van der Waals surface area contributed by atoms with Gasteiger partial charge in [-0.1, -0.05) is 18.2 Å². The van der Waals surface area contributed by atoms with Gasteiger partial charge in [-0.15, -0.1) is 0 Å². The third-order valence-electron chi connectivity index (χ3n) is 3.74. The molecule has 0 radical (unpaired) electrons. The summed E-state index contributed by atoms with van der Waals surface area (Å²) in [6, 6.07) is 10.4. The first-order valence-corrected chi connectivity index (χ1v) is 9.11. The molecule has 27 heavy (non-hydrogen) atoms. The number of furan rings is 1. The smallest absolute Gasteiger partial charge is 0.293 e. The number of fused-ring (bicyclic) bond motifs is 1. The summed E-state index contributed by atoms with van der Waals surface area (Å²) in [5, 5.41) is 42.2. The van der Waals surface area contributed by atoms with Gasteiger partial charge < -0.3 is 30.2 Å². The minimum absolute atomic E-state index is 0.0269. The fraction of sp³-hybridized carbons (Fsp3) is 0. The van der Waals surface area contributed by atoms with E-state index in [0.717, 1.165) is 23.9 Å². The predicted molar refractivity (Wildman–Crippen MR) is 100 cm³/mol. The van der Waals surface area contributed by atoms with Gasteiger partial charge in [-0.2, -0.15) is 0 Å². The standard InChI is InChI=1S/C17H12N2O6S2/c20-10-11(21)13(23)16-15(12(10)22)26-19(27-16)9-6-7-25-14(9)17(24)18-8-4-2-1-3-5-8/h1-7,20-23H,(H,18,24). The van der Waals surface area contributed by atoms with Crippen molar-refractivity contribution in [1.29, 1.82) is 0 Å². The number of para-hydroxylation sites is 1. The normalized spacial score (nSPS) is 12.8. The highest BCUT2D eigenvalue weighted by molar-refractivity contribution is 8.20. The second-order valence-corrected chi connectivity index (χ2v) is 7.59. The monoisotopic (exact) mass is 404 g/mol. The number of hydrogen-bond acceptors (Lipinski definition) is 9. The number of nitrogens with zero attached hydrogens (tertiary/aromatic N) is 1. The number of phenols is 4. The Morgan fingerprint density at radius 3 is 2.07 bits per heavy atom. The second-order valence-electron chi connectivity index (χ2n) is 5.45. The lowest BCUT2D eigenvalue weighted by Crippen LogP contribution is -2.13. The number of nitrogens with one attached hydrogen (secondary N) is 1. The first-order valence-electron chi connectivity index (χ1n) is 7.57. The average molecular weight is 404 g/mol. The maximum Gasteiger partial charge on any atom is 0.293 e. The Hall–Kier alpha value is -3.11. The van der Waals surface area contributed by atoms with Crippen molar-refractivity contribution in [2.75, 3.05) is 9.03 Å². The van der Waals surface area contributed by atoms with E-state index in [1.807, 2.05) is 6.07 Å². The van der Waals surface area contributed by atoms with E-state index in [-0.39, 0.29) is 15.6 Å². The van der Waals surface area contributed by atoms with Crippen LogP contribution in [0.25, 0.3) is 0 Å². The van der Waals surface area contributed by atoms with Crippen LogP contribution >= 0.6 is 23.9 Å². The summed E-state index contributed by atoms with van der Waals surface area (Å²) in [5.74, 6) is -3.18. The van der Waals surface area contributed by atoms with E-state index in [1.165, 1.54) is 9.97 Å². The number of carbonyl (C=O) groups excluding carboxylic acids is 1. The molecule has 1 aliphatic heterocycles. The highest BCUT2D eigenvalue weighted by atomic mass is 32.2. The molecule has 5 N–H and O–H groups in total. The zero-order chi connectivity index (χ0) is 19.1. The minimum atomic E-state index is -0.810. The molecule has 4 rings (SSSR count). The predicted octanol–water partition coefficient (Wildman–Crippen LogP) is 3.89. The Bertz CT molecular complexity index is 1000. The van der Waals surface area contributed by atoms with Gasteiger partial charge in [0, 0.05) is 35.6 Å². The molecular formula is C17H12N2O6S2. The molecule has 0 bridgehead atoms. The quantitative estimate of drug-likeness (QED) is 0.251. The van der Waals surface area contributed by atoms with E-state index in [9.17, 15) is 25.2 Å². The first kappa shape index (κ1) is 17.3. The van der Waals surface area contributed by atoms with Crippen molar-refractivity contribution in [2.24, 2.45) is 0 Å². The van der Waals surface area contributed by atoms with Crippen LogP contribution in [0.4, 0.5) is 11.4 Å². The molecule has 0 spiro atoms. The summed E-state index contributed by atoms with van der Waals surface area (Å²) in [6.07, 6.45) is 1.34. The van der Waals surface area contributed by atoms with E-state index in [2.05, 4.69) is 5.32 Å². The summed E-state index contributed by atoms with van der Waals surface area (Å²) < 4.78 is 6.83. The summed E-state index contributed by atoms with van der Waals surface area (Å²) in [4.78, 5) is 12.9. The van der Waals surface area contributed by atoms with E-state index in [0.29, 0.717) is 11.4 Å². The van der Waals surface area contributed by atoms with Crippen molar-refractivity contribution >= 4 is 41.2 Å². The van der Waals surface area contributed by atoms with Gasteiger partial charge in [-0.25, -0.2) is 3.71 Å². The lowest BCUT2D eigenvalue weighted by molar-refractivity contribution is 0.0997. The number of rotatable bonds is 3. The van der Waals surface area contributed by atoms with E-state index in [1.54, 1.807) is 30.3 Å². The number of hydrogen-bond donors (Lipinski definition) is 5. The van der Waals surface area contributed by atoms with E-state index >= 15 is 0 Å². The first-order chi connectivity index (χ1) is 13.0. The molecule has 1 aliphatic rings. The Morgan fingerprint density at radius 2 is 1.48 bits per heavy atom. The van der Waals surface area contributed by atoms with E-state index < -0.39 is 28.9 Å². The molecule has 2 heterocycles. The zero-order valence-electron chi connectivity index (χ0n) is 13.4. The lowest BCUT2D eigenvalue weighted by atomic mass is 10.2. The molecule has 0 saturated carbocycles. The van der Waals surface area contributed by atoms with Gasteiger partial charge in [-0.3, -0.25) is 4.79 Å². The molecule has 10 heteroatoms. The van der Waals surface area contributed by atoms with Gasteiger partial charge in [0.25, 0.3) is 5.91 Å². The molecule has 0 atom stereocenters. The maximum absolute atomic E-state index is 12.5. The molecule has 0 unspecified atom stereocenters. The number of aromatic hydroxyl groups is 4. The molecule has 2 aromatic carbocycles. The van der Waals surface area contributed by atoms with Crippen molar-refractivity contribution in [3.8, 4) is 23.0 Å². The fourth-order valence-electron chi connectivity index (χ4n) is 2.43. The topological polar surface area (TPSA) is 126 Å². The largest absolute Gasteiger partial charge is 0.503 e. The van der Waals surface area contributed by atoms with Crippen LogP contribution in [0, 0.1) is 0 Å². The van der Waals surface area contributed by atoms with Crippen molar-refractivity contribution in [3.63, 3.8) is 0 Å². The highest BCUT2D eigenvalue weighted by Gasteiger charge is 2.35. The summed E-state index contributed by atoms with van der Waals surface area (Å²) in [5.41, 5.74) is 0.979. The maximum atomic E-state index is 12.5. The van der Waals surface area contributed by atoms with Gasteiger partial charge in [0.15, 0.2) is 11.5 Å². The van der Waals surface area contributed by atoms with Crippen LogP contribution < -0.4 is 9.03 Å². The second kappa shape index (κ2) is 6.56. The molecule has 0 fully saturated rings. The van der Waals surface area contributed by atoms with E-state index in [4.69, 9.17) is 4.42 Å². The van der Waals surface area contributed by atoms with Crippen LogP contribution in [0.15, 0.2) is 56.9 Å². The number of carbonyl (C=O) groups is 1.